The first-order valence-electron chi connectivity index (χ1n) is 9.50. The Morgan fingerprint density at radius 1 is 1.34 bits per heavy atom. The third-order valence-electron chi connectivity index (χ3n) is 5.84. The molecule has 3 aromatic rings. The minimum atomic E-state index is -0.155. The van der Waals surface area contributed by atoms with Crippen LogP contribution in [0.2, 0.25) is 0 Å². The van der Waals surface area contributed by atoms with Gasteiger partial charge in [-0.15, -0.1) is 0 Å². The Kier molecular flexibility index (Phi) is 4.38. The number of likely N-dealkylation sites (N-methyl/N-ethyl adjacent to an activating group) is 1. The number of aromatic nitrogens is 2. The second kappa shape index (κ2) is 6.83. The van der Waals surface area contributed by atoms with Crippen LogP contribution >= 0.6 is 15.9 Å². The van der Waals surface area contributed by atoms with Gasteiger partial charge in [-0.1, -0.05) is 22.0 Å². The zero-order chi connectivity index (χ0) is 20.3. The number of anilines is 1. The average Bonchev–Trinajstić information content (AvgIpc) is 3.30. The molecule has 0 radical (unpaired) electrons. The predicted octanol–water partition coefficient (Wildman–Crippen LogP) is 3.84. The van der Waals surface area contributed by atoms with Crippen molar-refractivity contribution < 1.29 is 14.3 Å². The Labute approximate surface area is 176 Å². The number of hydrogen-bond acceptors (Lipinski definition) is 5. The lowest BCUT2D eigenvalue weighted by Crippen LogP contribution is -2.36. The smallest absolute Gasteiger partial charge is 0.270 e. The highest BCUT2D eigenvalue weighted by atomic mass is 79.9. The van der Waals surface area contributed by atoms with Gasteiger partial charge in [0.05, 0.1) is 43.0 Å². The molecule has 2 aliphatic heterocycles. The van der Waals surface area contributed by atoms with Crippen molar-refractivity contribution in [1.29, 1.82) is 0 Å². The van der Waals surface area contributed by atoms with Crippen LogP contribution in [-0.2, 0) is 22.7 Å². The molecule has 3 N–H and O–H groups in total. The molecule has 0 aliphatic carbocycles. The lowest BCUT2D eigenvalue weighted by atomic mass is 9.98. The first-order valence-corrected chi connectivity index (χ1v) is 10.3. The molecule has 8 heteroatoms. The van der Waals surface area contributed by atoms with Crippen LogP contribution in [-0.4, -0.2) is 34.4 Å². The van der Waals surface area contributed by atoms with Crippen molar-refractivity contribution in [1.82, 2.24) is 14.9 Å². The Bertz CT molecular complexity index is 1140. The number of nitrogens with two attached hydrogens (primary N) is 1. The number of nitrogens with one attached hydrogen (secondary N) is 1. The van der Waals surface area contributed by atoms with Crippen molar-refractivity contribution in [2.75, 3.05) is 19.4 Å². The van der Waals surface area contributed by atoms with Gasteiger partial charge >= 0.3 is 0 Å². The summed E-state index contributed by atoms with van der Waals surface area (Å²) in [7, 11) is 1.80. The van der Waals surface area contributed by atoms with Gasteiger partial charge < -0.3 is 25.1 Å². The van der Waals surface area contributed by atoms with E-state index >= 15 is 0 Å². The SMILES string of the molecule is C[C@H]1OCc2c1c(N)nc1cc(C(=O)N(C)[C@@H]3COCc4cc(Br)ccc43)[nH]c21. The van der Waals surface area contributed by atoms with Gasteiger partial charge in [-0.25, -0.2) is 4.98 Å². The van der Waals surface area contributed by atoms with Gasteiger partial charge in [0.2, 0.25) is 0 Å². The molecule has 2 aromatic heterocycles. The molecule has 7 nitrogen and oxygen atoms in total. The summed E-state index contributed by atoms with van der Waals surface area (Å²) >= 11 is 3.50. The molecule has 1 amide bonds. The largest absolute Gasteiger partial charge is 0.383 e. The van der Waals surface area contributed by atoms with E-state index in [0.29, 0.717) is 36.8 Å². The highest BCUT2D eigenvalue weighted by Crippen LogP contribution is 2.38. The number of hydrogen-bond donors (Lipinski definition) is 2. The van der Waals surface area contributed by atoms with E-state index in [-0.39, 0.29) is 18.1 Å². The number of aromatic amines is 1. The van der Waals surface area contributed by atoms with E-state index in [4.69, 9.17) is 15.2 Å². The van der Waals surface area contributed by atoms with Crippen molar-refractivity contribution in [3.63, 3.8) is 0 Å². The number of pyridine rings is 1. The summed E-state index contributed by atoms with van der Waals surface area (Å²) in [4.78, 5) is 22.7. The second-order valence-corrected chi connectivity index (χ2v) is 8.49. The van der Waals surface area contributed by atoms with Crippen LogP contribution in [0.15, 0.2) is 28.7 Å². The lowest BCUT2D eigenvalue weighted by molar-refractivity contribution is 0.0343. The normalized spacial score (nSPS) is 20.5. The molecule has 2 atom stereocenters. The highest BCUT2D eigenvalue weighted by molar-refractivity contribution is 9.10. The maximum Gasteiger partial charge on any atom is 0.270 e. The molecular formula is C21H21BrN4O3. The summed E-state index contributed by atoms with van der Waals surface area (Å²) in [6.45, 7) is 3.43. The van der Waals surface area contributed by atoms with Gasteiger partial charge in [0.25, 0.3) is 5.91 Å². The van der Waals surface area contributed by atoms with E-state index in [2.05, 4.69) is 32.0 Å². The van der Waals surface area contributed by atoms with Crippen molar-refractivity contribution in [2.24, 2.45) is 0 Å². The van der Waals surface area contributed by atoms with Gasteiger partial charge in [0.1, 0.15) is 11.5 Å². The number of amides is 1. The lowest BCUT2D eigenvalue weighted by Gasteiger charge is -2.33. The zero-order valence-corrected chi connectivity index (χ0v) is 17.7. The number of nitrogen functional groups attached to an aromatic ring is 1. The summed E-state index contributed by atoms with van der Waals surface area (Å²) < 4.78 is 12.5. The molecule has 0 unspecified atom stereocenters. The molecule has 0 fully saturated rings. The molecule has 0 saturated heterocycles. The van der Waals surface area contributed by atoms with E-state index in [1.54, 1.807) is 18.0 Å². The molecule has 4 heterocycles. The van der Waals surface area contributed by atoms with Crippen LogP contribution in [0.4, 0.5) is 5.82 Å². The van der Waals surface area contributed by atoms with Crippen LogP contribution in [0.3, 0.4) is 0 Å². The fraction of sp³-hybridized carbons (Fsp3) is 0.333. The van der Waals surface area contributed by atoms with Gasteiger partial charge in [-0.2, -0.15) is 0 Å². The summed E-state index contributed by atoms with van der Waals surface area (Å²) in [6.07, 6.45) is -0.0951. The van der Waals surface area contributed by atoms with Gasteiger partial charge in [-0.05, 0) is 36.2 Å². The van der Waals surface area contributed by atoms with Crippen molar-refractivity contribution >= 4 is 38.7 Å². The molecule has 29 heavy (non-hydrogen) atoms. The van der Waals surface area contributed by atoms with Crippen LogP contribution in [0.1, 0.15) is 51.8 Å². The molecular weight excluding hydrogens is 436 g/mol. The number of carbonyl (C=O) groups excluding carboxylic acids is 1. The fourth-order valence-corrected chi connectivity index (χ4v) is 4.71. The molecule has 0 saturated carbocycles. The summed E-state index contributed by atoms with van der Waals surface area (Å²) in [5, 5.41) is 0. The number of halogens is 1. The van der Waals surface area contributed by atoms with E-state index in [1.807, 2.05) is 19.1 Å². The highest BCUT2D eigenvalue weighted by Gasteiger charge is 2.31. The monoisotopic (exact) mass is 456 g/mol. The predicted molar refractivity (Wildman–Crippen MR) is 112 cm³/mol. The van der Waals surface area contributed by atoms with E-state index in [1.165, 1.54) is 0 Å². The Morgan fingerprint density at radius 2 is 2.17 bits per heavy atom. The molecule has 150 valence electrons. The fourth-order valence-electron chi connectivity index (χ4n) is 4.30. The van der Waals surface area contributed by atoms with Gasteiger partial charge in [-0.3, -0.25) is 4.79 Å². The van der Waals surface area contributed by atoms with Crippen molar-refractivity contribution in [3.05, 3.63) is 56.7 Å². The first-order chi connectivity index (χ1) is 13.9. The van der Waals surface area contributed by atoms with Gasteiger partial charge in [0, 0.05) is 22.6 Å². The summed E-state index contributed by atoms with van der Waals surface area (Å²) in [5.74, 6) is 0.343. The third-order valence-corrected chi connectivity index (χ3v) is 6.33. The second-order valence-electron chi connectivity index (χ2n) is 7.58. The van der Waals surface area contributed by atoms with Crippen molar-refractivity contribution in [3.8, 4) is 0 Å². The summed E-state index contributed by atoms with van der Waals surface area (Å²) in [6, 6.07) is 7.70. The van der Waals surface area contributed by atoms with Gasteiger partial charge in [0.15, 0.2) is 0 Å². The Morgan fingerprint density at radius 3 is 3.00 bits per heavy atom. The molecule has 5 rings (SSSR count). The molecule has 1 aromatic carbocycles. The number of ether oxygens (including phenoxy) is 2. The van der Waals surface area contributed by atoms with Crippen LogP contribution < -0.4 is 5.73 Å². The van der Waals surface area contributed by atoms with Crippen LogP contribution in [0.25, 0.3) is 11.0 Å². The maximum atomic E-state index is 13.3. The van der Waals surface area contributed by atoms with E-state index in [0.717, 1.165) is 32.2 Å². The standard InChI is InChI=1S/C21H21BrN4O3/c1-10-18-14(8-29-10)19-15(25-20(18)23)6-16(24-19)21(27)26(2)17-9-28-7-11-5-12(22)3-4-13(11)17/h3-6,10,17,24H,7-9H2,1-2H3,(H2,23,25)/t10-,17-/m1/s1. The zero-order valence-electron chi connectivity index (χ0n) is 16.2. The third kappa shape index (κ3) is 2.94. The first kappa shape index (κ1) is 18.6. The quantitative estimate of drug-likeness (QED) is 0.610. The minimum absolute atomic E-state index is 0.0951. The minimum Gasteiger partial charge on any atom is -0.383 e. The Hall–Kier alpha value is -2.42. The molecule has 0 spiro atoms. The van der Waals surface area contributed by atoms with Crippen LogP contribution in [0, 0.1) is 0 Å². The number of carbonyl (C=O) groups is 1. The number of fused-ring (bicyclic) bond motifs is 4. The van der Waals surface area contributed by atoms with E-state index in [9.17, 15) is 4.79 Å². The molecule has 2 aliphatic rings. The number of benzene rings is 1. The topological polar surface area (TPSA) is 93.5 Å². The summed E-state index contributed by atoms with van der Waals surface area (Å²) in [5.41, 5.74) is 12.2. The van der Waals surface area contributed by atoms with Crippen LogP contribution in [0.5, 0.6) is 0 Å². The number of H-pyrrole nitrogens is 1. The maximum absolute atomic E-state index is 13.3. The van der Waals surface area contributed by atoms with E-state index < -0.39 is 0 Å². The van der Waals surface area contributed by atoms with Crippen molar-refractivity contribution in [2.45, 2.75) is 32.3 Å². The Balaban J connectivity index is 1.51. The average molecular weight is 457 g/mol. The number of nitrogens with zero attached hydrogens (tertiary/aromatic N) is 2. The molecule has 0 bridgehead atoms. The number of rotatable bonds is 2.